The summed E-state index contributed by atoms with van der Waals surface area (Å²) in [5.74, 6) is -0.498. The first-order chi connectivity index (χ1) is 16.3. The minimum absolute atomic E-state index is 0.0497. The molecule has 2 aliphatic rings. The Balaban J connectivity index is 1.81. The fourth-order valence-corrected chi connectivity index (χ4v) is 6.03. The minimum Gasteiger partial charge on any atom is -0.364 e. The highest BCUT2D eigenvalue weighted by Crippen LogP contribution is 2.45. The molecule has 5 nitrogen and oxygen atoms in total. The van der Waals surface area contributed by atoms with Crippen LogP contribution in [0.25, 0.3) is 6.08 Å². The summed E-state index contributed by atoms with van der Waals surface area (Å²) in [6.07, 6.45) is 2.75. The molecule has 1 fully saturated rings. The van der Waals surface area contributed by atoms with E-state index < -0.39 is 11.8 Å². The third kappa shape index (κ3) is 4.29. The summed E-state index contributed by atoms with van der Waals surface area (Å²) in [4.78, 5) is 30.4. The van der Waals surface area contributed by atoms with Crippen molar-refractivity contribution >= 4 is 46.6 Å². The van der Waals surface area contributed by atoms with Gasteiger partial charge in [-0.15, -0.1) is 0 Å². The summed E-state index contributed by atoms with van der Waals surface area (Å²) in [6, 6.07) is 10.5. The lowest BCUT2D eigenvalue weighted by molar-refractivity contribution is -0.122. The van der Waals surface area contributed by atoms with Crippen LogP contribution in [0.2, 0.25) is 0 Å². The quantitative estimate of drug-likeness (QED) is 0.329. The van der Waals surface area contributed by atoms with Gasteiger partial charge in [-0.05, 0) is 125 Å². The number of fused-ring (bicyclic) bond motifs is 1. The number of hydrogen-bond acceptors (Lipinski definition) is 4. The number of aryl methyl sites for hydroxylation is 2. The molecular formula is C29H35N3O2S. The smallest absolute Gasteiger partial charge is 0.270 e. The Morgan fingerprint density at radius 2 is 1.77 bits per heavy atom. The average Bonchev–Trinajstić information content (AvgIpc) is 2.73. The van der Waals surface area contributed by atoms with Crippen LogP contribution in [0.4, 0.5) is 11.4 Å². The van der Waals surface area contributed by atoms with Crippen LogP contribution in [-0.4, -0.2) is 28.5 Å². The summed E-state index contributed by atoms with van der Waals surface area (Å²) in [5.41, 5.74) is 7.23. The summed E-state index contributed by atoms with van der Waals surface area (Å²) < 4.78 is 0. The number of anilines is 2. The number of amides is 2. The van der Waals surface area contributed by atoms with Gasteiger partial charge in [0, 0.05) is 17.3 Å². The zero-order valence-electron chi connectivity index (χ0n) is 21.9. The molecule has 0 radical (unpaired) electrons. The molecule has 184 valence electrons. The first-order valence-electron chi connectivity index (χ1n) is 12.2. The van der Waals surface area contributed by atoms with Crippen LogP contribution in [0.15, 0.2) is 35.9 Å². The summed E-state index contributed by atoms with van der Waals surface area (Å²) in [6.45, 7) is 17.3. The minimum atomic E-state index is -0.461. The first-order valence-corrected chi connectivity index (χ1v) is 12.7. The van der Waals surface area contributed by atoms with Gasteiger partial charge in [0.15, 0.2) is 5.11 Å². The molecule has 0 bridgehead atoms. The monoisotopic (exact) mass is 489 g/mol. The van der Waals surface area contributed by atoms with E-state index >= 15 is 0 Å². The second-order valence-corrected chi connectivity index (χ2v) is 11.2. The van der Waals surface area contributed by atoms with Crippen molar-refractivity contribution in [1.29, 1.82) is 0 Å². The van der Waals surface area contributed by atoms with Crippen LogP contribution in [0.1, 0.15) is 74.8 Å². The number of hydrogen-bond donors (Lipinski definition) is 1. The van der Waals surface area contributed by atoms with E-state index in [0.29, 0.717) is 17.6 Å². The lowest BCUT2D eigenvalue weighted by atomic mass is 9.78. The summed E-state index contributed by atoms with van der Waals surface area (Å²) in [5, 5.41) is 2.83. The van der Waals surface area contributed by atoms with E-state index in [1.54, 1.807) is 6.08 Å². The van der Waals surface area contributed by atoms with Gasteiger partial charge < -0.3 is 4.90 Å². The van der Waals surface area contributed by atoms with Gasteiger partial charge in [-0.1, -0.05) is 19.1 Å². The molecule has 0 unspecified atom stereocenters. The number of nitrogens with one attached hydrogen (secondary N) is 1. The standard InChI is InChI=1S/C29H35N3O2S/c1-16(2)32-25-12-18(4)21(13-22(25)19(5)15-29(32,7)8)14-23-26(33)30-28(35)31(27(23)34)24-11-9-10-17(3)20(24)6/h9-14,16,19H,15H2,1-8H3,(H,30,33,35)/b23-14+/t19-/m1/s1. The molecule has 1 atom stereocenters. The Hall–Kier alpha value is -2.99. The van der Waals surface area contributed by atoms with Gasteiger partial charge in [-0.2, -0.15) is 0 Å². The van der Waals surface area contributed by atoms with Gasteiger partial charge in [-0.25, -0.2) is 0 Å². The van der Waals surface area contributed by atoms with Crippen molar-refractivity contribution in [3.63, 3.8) is 0 Å². The molecule has 0 aromatic heterocycles. The molecule has 0 aliphatic carbocycles. The average molecular weight is 490 g/mol. The molecule has 35 heavy (non-hydrogen) atoms. The predicted molar refractivity (Wildman–Crippen MR) is 148 cm³/mol. The lowest BCUT2D eigenvalue weighted by Crippen LogP contribution is -2.54. The van der Waals surface area contributed by atoms with E-state index in [-0.39, 0.29) is 16.2 Å². The van der Waals surface area contributed by atoms with Crippen molar-refractivity contribution in [3.8, 4) is 0 Å². The Labute approximate surface area is 214 Å². The Kier molecular flexibility index (Phi) is 6.39. The Morgan fingerprint density at radius 1 is 1.09 bits per heavy atom. The van der Waals surface area contributed by atoms with E-state index in [1.165, 1.54) is 16.2 Å². The fraction of sp³-hybridized carbons (Fsp3) is 0.414. The SMILES string of the molecule is Cc1cc2c(cc1/C=C1\C(=O)NC(=S)N(c3cccc(C)c3C)C1=O)[C@H](C)CC(C)(C)N2C(C)C. The molecule has 2 heterocycles. The third-order valence-electron chi connectivity index (χ3n) is 7.40. The molecule has 2 aromatic rings. The second kappa shape index (κ2) is 8.90. The molecule has 1 N–H and O–H groups in total. The molecule has 0 saturated carbocycles. The number of nitrogens with zero attached hydrogens (tertiary/aromatic N) is 2. The molecular weight excluding hydrogens is 454 g/mol. The van der Waals surface area contributed by atoms with Crippen molar-refractivity contribution in [1.82, 2.24) is 5.32 Å². The van der Waals surface area contributed by atoms with Crippen LogP contribution in [0, 0.1) is 20.8 Å². The number of rotatable bonds is 3. The first kappa shape index (κ1) is 25.1. The highest BCUT2D eigenvalue weighted by Gasteiger charge is 2.39. The maximum absolute atomic E-state index is 13.6. The number of thiocarbonyl (C=S) groups is 1. The summed E-state index contributed by atoms with van der Waals surface area (Å²) >= 11 is 5.40. The number of carbonyl (C=O) groups excluding carboxylic acids is 2. The number of benzene rings is 2. The van der Waals surface area contributed by atoms with Crippen molar-refractivity contribution in [2.75, 3.05) is 9.80 Å². The van der Waals surface area contributed by atoms with Crippen molar-refractivity contribution < 1.29 is 9.59 Å². The zero-order valence-corrected chi connectivity index (χ0v) is 22.8. The number of carbonyl (C=O) groups is 2. The van der Waals surface area contributed by atoms with E-state index in [2.05, 4.69) is 57.0 Å². The zero-order chi connectivity index (χ0) is 25.8. The van der Waals surface area contributed by atoms with Crippen molar-refractivity contribution in [3.05, 3.63) is 63.7 Å². The van der Waals surface area contributed by atoms with Gasteiger partial charge in [0.25, 0.3) is 11.8 Å². The van der Waals surface area contributed by atoms with E-state index in [9.17, 15) is 9.59 Å². The van der Waals surface area contributed by atoms with E-state index in [1.807, 2.05) is 39.0 Å². The highest BCUT2D eigenvalue weighted by molar-refractivity contribution is 7.80. The molecule has 0 spiro atoms. The van der Waals surface area contributed by atoms with Gasteiger partial charge in [0.2, 0.25) is 0 Å². The Bertz CT molecular complexity index is 1270. The maximum atomic E-state index is 13.6. The van der Waals surface area contributed by atoms with Gasteiger partial charge in [0.05, 0.1) is 5.69 Å². The highest BCUT2D eigenvalue weighted by atomic mass is 32.1. The normalized spacial score (nSPS) is 21.0. The second-order valence-electron chi connectivity index (χ2n) is 10.8. The molecule has 2 aliphatic heterocycles. The topological polar surface area (TPSA) is 52.7 Å². The largest absolute Gasteiger partial charge is 0.364 e. The Morgan fingerprint density at radius 3 is 2.43 bits per heavy atom. The van der Waals surface area contributed by atoms with Gasteiger partial charge >= 0.3 is 0 Å². The third-order valence-corrected chi connectivity index (χ3v) is 7.68. The van der Waals surface area contributed by atoms with Crippen molar-refractivity contribution in [2.24, 2.45) is 0 Å². The summed E-state index contributed by atoms with van der Waals surface area (Å²) in [7, 11) is 0. The molecule has 4 rings (SSSR count). The predicted octanol–water partition coefficient (Wildman–Crippen LogP) is 5.94. The van der Waals surface area contributed by atoms with Gasteiger partial charge in [0.1, 0.15) is 5.57 Å². The van der Waals surface area contributed by atoms with Crippen LogP contribution in [-0.2, 0) is 9.59 Å². The van der Waals surface area contributed by atoms with Crippen LogP contribution in [0.3, 0.4) is 0 Å². The van der Waals surface area contributed by atoms with Crippen LogP contribution < -0.4 is 15.1 Å². The lowest BCUT2D eigenvalue weighted by Gasteiger charge is -2.50. The van der Waals surface area contributed by atoms with Crippen LogP contribution >= 0.6 is 12.2 Å². The van der Waals surface area contributed by atoms with E-state index in [4.69, 9.17) is 12.2 Å². The molecule has 6 heteroatoms. The molecule has 2 amide bonds. The van der Waals surface area contributed by atoms with Gasteiger partial charge in [-0.3, -0.25) is 19.8 Å². The van der Waals surface area contributed by atoms with Crippen molar-refractivity contribution in [2.45, 2.75) is 79.3 Å². The maximum Gasteiger partial charge on any atom is 0.270 e. The fourth-order valence-electron chi connectivity index (χ4n) is 5.76. The van der Waals surface area contributed by atoms with Crippen LogP contribution in [0.5, 0.6) is 0 Å². The molecule has 2 aromatic carbocycles. The molecule has 1 saturated heterocycles. The van der Waals surface area contributed by atoms with E-state index in [0.717, 1.165) is 28.7 Å².